The Morgan fingerprint density at radius 1 is 1.06 bits per heavy atom. The molecular formula is C23H28ClN3O3S2. The highest BCUT2D eigenvalue weighted by molar-refractivity contribution is 8.05. The summed E-state index contributed by atoms with van der Waals surface area (Å²) in [5.41, 5.74) is 0. The van der Waals surface area contributed by atoms with Gasteiger partial charge in [0.2, 0.25) is 10.0 Å². The van der Waals surface area contributed by atoms with Crippen molar-refractivity contribution < 1.29 is 13.2 Å². The monoisotopic (exact) mass is 493 g/mol. The highest BCUT2D eigenvalue weighted by Crippen LogP contribution is 2.38. The first-order chi connectivity index (χ1) is 15.4. The molecule has 0 radical (unpaired) electrons. The summed E-state index contributed by atoms with van der Waals surface area (Å²) in [4.78, 5) is 4.91. The summed E-state index contributed by atoms with van der Waals surface area (Å²) in [5, 5.41) is 0.246. The lowest BCUT2D eigenvalue weighted by Crippen LogP contribution is -2.55. The minimum atomic E-state index is -3.64. The number of ether oxygens (including phenoxy) is 1. The molecule has 1 fully saturated rings. The van der Waals surface area contributed by atoms with E-state index in [2.05, 4.69) is 21.6 Å². The summed E-state index contributed by atoms with van der Waals surface area (Å²) in [6.45, 7) is 4.14. The van der Waals surface area contributed by atoms with Crippen LogP contribution in [0.1, 0.15) is 6.42 Å². The average Bonchev–Trinajstić information content (AvgIpc) is 3.22. The van der Waals surface area contributed by atoms with Crippen molar-refractivity contribution in [3.8, 4) is 11.5 Å². The molecule has 2 aliphatic rings. The van der Waals surface area contributed by atoms with Crippen LogP contribution in [0.4, 0.5) is 0 Å². The summed E-state index contributed by atoms with van der Waals surface area (Å²) in [7, 11) is -1.53. The lowest BCUT2D eigenvalue weighted by molar-refractivity contribution is 0.111. The molecule has 0 spiro atoms. The molecule has 172 valence electrons. The van der Waals surface area contributed by atoms with E-state index in [0.29, 0.717) is 18.0 Å². The maximum absolute atomic E-state index is 13.0. The molecule has 0 aromatic heterocycles. The second-order valence-electron chi connectivity index (χ2n) is 8.05. The Morgan fingerprint density at radius 3 is 2.34 bits per heavy atom. The zero-order valence-corrected chi connectivity index (χ0v) is 20.4. The quantitative estimate of drug-likeness (QED) is 0.600. The van der Waals surface area contributed by atoms with E-state index in [1.807, 2.05) is 36.4 Å². The molecule has 32 heavy (non-hydrogen) atoms. The van der Waals surface area contributed by atoms with Gasteiger partial charge in [-0.05, 0) is 49.9 Å². The molecule has 0 bridgehead atoms. The van der Waals surface area contributed by atoms with Crippen LogP contribution in [0.5, 0.6) is 11.5 Å². The van der Waals surface area contributed by atoms with Gasteiger partial charge in [-0.2, -0.15) is 0 Å². The molecule has 2 heterocycles. The van der Waals surface area contributed by atoms with Crippen LogP contribution in [0.3, 0.4) is 0 Å². The van der Waals surface area contributed by atoms with Gasteiger partial charge in [-0.1, -0.05) is 35.9 Å². The van der Waals surface area contributed by atoms with Crippen LogP contribution in [0, 0.1) is 0 Å². The van der Waals surface area contributed by atoms with E-state index in [1.165, 1.54) is 0 Å². The molecule has 9 heteroatoms. The predicted molar refractivity (Wildman–Crippen MR) is 131 cm³/mol. The molecule has 4 rings (SSSR count). The van der Waals surface area contributed by atoms with Crippen molar-refractivity contribution in [3.63, 3.8) is 0 Å². The highest BCUT2D eigenvalue weighted by atomic mass is 35.5. The van der Waals surface area contributed by atoms with Crippen molar-refractivity contribution in [2.24, 2.45) is 0 Å². The topological polar surface area (TPSA) is 61.9 Å². The molecule has 0 saturated carbocycles. The van der Waals surface area contributed by atoms with E-state index in [0.717, 1.165) is 37.0 Å². The SMILES string of the molecule is CN1CCN(C(CNS(=O)(=O)c2ccc(Oc3ccccc3)cc2)C2CC=C(Cl)S2)CC1. The van der Waals surface area contributed by atoms with E-state index < -0.39 is 10.0 Å². The number of nitrogens with zero attached hydrogens (tertiary/aromatic N) is 2. The van der Waals surface area contributed by atoms with Crippen molar-refractivity contribution >= 4 is 33.4 Å². The maximum atomic E-state index is 13.0. The Labute approximate surface area is 199 Å². The molecule has 0 amide bonds. The number of thioether (sulfide) groups is 1. The zero-order chi connectivity index (χ0) is 22.6. The van der Waals surface area contributed by atoms with E-state index in [4.69, 9.17) is 16.3 Å². The van der Waals surface area contributed by atoms with Gasteiger partial charge in [0.15, 0.2) is 0 Å². The number of piperazine rings is 1. The fourth-order valence-corrected chi connectivity index (χ4v) is 6.51. The number of rotatable bonds is 8. The molecule has 2 aromatic rings. The van der Waals surface area contributed by atoms with E-state index in [1.54, 1.807) is 36.0 Å². The van der Waals surface area contributed by atoms with Crippen molar-refractivity contribution in [3.05, 3.63) is 65.0 Å². The highest BCUT2D eigenvalue weighted by Gasteiger charge is 2.33. The average molecular weight is 494 g/mol. The third-order valence-corrected chi connectivity index (χ3v) is 8.87. The molecule has 2 unspecified atom stereocenters. The van der Waals surface area contributed by atoms with Crippen LogP contribution in [0.25, 0.3) is 0 Å². The molecule has 0 aliphatic carbocycles. The van der Waals surface area contributed by atoms with Crippen molar-refractivity contribution in [1.29, 1.82) is 0 Å². The van der Waals surface area contributed by atoms with Crippen molar-refractivity contribution in [2.45, 2.75) is 22.6 Å². The van der Waals surface area contributed by atoms with Gasteiger partial charge in [0.25, 0.3) is 0 Å². The summed E-state index contributed by atoms with van der Waals surface area (Å²) < 4.78 is 35.4. The van der Waals surface area contributed by atoms with Gasteiger partial charge in [-0.15, -0.1) is 11.8 Å². The fourth-order valence-electron chi connectivity index (χ4n) is 3.92. The van der Waals surface area contributed by atoms with Crippen LogP contribution >= 0.6 is 23.4 Å². The molecule has 6 nitrogen and oxygen atoms in total. The lowest BCUT2D eigenvalue weighted by Gasteiger charge is -2.40. The van der Waals surface area contributed by atoms with Gasteiger partial charge in [-0.3, -0.25) is 4.90 Å². The van der Waals surface area contributed by atoms with Gasteiger partial charge in [0.1, 0.15) is 11.5 Å². The fraction of sp³-hybridized carbons (Fsp3) is 0.391. The summed E-state index contributed by atoms with van der Waals surface area (Å²) in [6, 6.07) is 16.0. The summed E-state index contributed by atoms with van der Waals surface area (Å²) >= 11 is 7.86. The van der Waals surface area contributed by atoms with Crippen LogP contribution in [-0.2, 0) is 10.0 Å². The third kappa shape index (κ3) is 6.07. The van der Waals surface area contributed by atoms with E-state index in [-0.39, 0.29) is 16.2 Å². The second-order valence-corrected chi connectivity index (χ2v) is 11.7. The Hall–Kier alpha value is -1.55. The summed E-state index contributed by atoms with van der Waals surface area (Å²) in [6.07, 6.45) is 2.88. The standard InChI is InChI=1S/C23H28ClN3O3S2/c1-26-13-15-27(16-14-26)21(22-11-12-23(24)31-22)17-25-32(28,29)20-9-7-19(8-10-20)30-18-5-3-2-4-6-18/h2-10,12,21-22,25H,11,13-17H2,1H3. The normalized spacial score (nSPS) is 21.3. The minimum Gasteiger partial charge on any atom is -0.457 e. The third-order valence-electron chi connectivity index (χ3n) is 5.81. The first-order valence-electron chi connectivity index (χ1n) is 10.7. The van der Waals surface area contributed by atoms with E-state index >= 15 is 0 Å². The first-order valence-corrected chi connectivity index (χ1v) is 13.4. The van der Waals surface area contributed by atoms with Gasteiger partial charge in [0, 0.05) is 44.0 Å². The molecule has 1 saturated heterocycles. The minimum absolute atomic E-state index is 0.0802. The molecule has 2 atom stereocenters. The second kappa shape index (κ2) is 10.6. The lowest BCUT2D eigenvalue weighted by atomic mass is 10.1. The number of halogens is 1. The largest absolute Gasteiger partial charge is 0.457 e. The van der Waals surface area contributed by atoms with Gasteiger partial charge in [0.05, 0.1) is 9.26 Å². The zero-order valence-electron chi connectivity index (χ0n) is 18.0. The Bertz CT molecular complexity index is 1020. The smallest absolute Gasteiger partial charge is 0.240 e. The molecule has 2 aliphatic heterocycles. The number of sulfonamides is 1. The first kappa shape index (κ1) is 23.6. The van der Waals surface area contributed by atoms with Gasteiger partial charge >= 0.3 is 0 Å². The number of benzene rings is 2. The summed E-state index contributed by atoms with van der Waals surface area (Å²) in [5.74, 6) is 1.30. The van der Waals surface area contributed by atoms with Gasteiger partial charge in [-0.25, -0.2) is 13.1 Å². The van der Waals surface area contributed by atoms with Crippen LogP contribution < -0.4 is 9.46 Å². The maximum Gasteiger partial charge on any atom is 0.240 e. The van der Waals surface area contributed by atoms with E-state index in [9.17, 15) is 8.42 Å². The Morgan fingerprint density at radius 2 is 1.72 bits per heavy atom. The predicted octanol–water partition coefficient (Wildman–Crippen LogP) is 3.96. The van der Waals surface area contributed by atoms with Crippen LogP contribution in [0.15, 0.2) is 69.9 Å². The van der Waals surface area contributed by atoms with Crippen LogP contribution in [-0.4, -0.2) is 69.3 Å². The molecule has 1 N–H and O–H groups in total. The molecular weight excluding hydrogens is 466 g/mol. The van der Waals surface area contributed by atoms with Crippen LogP contribution in [0.2, 0.25) is 0 Å². The van der Waals surface area contributed by atoms with Crippen molar-refractivity contribution in [2.75, 3.05) is 39.8 Å². The number of nitrogens with one attached hydrogen (secondary N) is 1. The Kier molecular flexibility index (Phi) is 7.81. The number of para-hydroxylation sites is 1. The number of hydrogen-bond donors (Lipinski definition) is 1. The van der Waals surface area contributed by atoms with Crippen molar-refractivity contribution in [1.82, 2.24) is 14.5 Å². The molecule has 2 aromatic carbocycles. The number of likely N-dealkylation sites (N-methyl/N-ethyl adjacent to an activating group) is 1. The Balaban J connectivity index is 1.41. The number of allylic oxidation sites excluding steroid dienone is 1. The number of hydrogen-bond acceptors (Lipinski definition) is 6. The van der Waals surface area contributed by atoms with Gasteiger partial charge < -0.3 is 9.64 Å².